The number of carbonyl (C=O) groups is 1. The molecule has 0 aromatic heterocycles. The van der Waals surface area contributed by atoms with Crippen molar-refractivity contribution in [3.05, 3.63) is 35.9 Å². The molecule has 1 aromatic carbocycles. The van der Waals surface area contributed by atoms with Crippen LogP contribution in [0.1, 0.15) is 12.5 Å². The molecule has 3 heteroatoms. The van der Waals surface area contributed by atoms with Crippen molar-refractivity contribution in [3.63, 3.8) is 0 Å². The van der Waals surface area contributed by atoms with Crippen molar-refractivity contribution >= 4 is 11.5 Å². The molecule has 0 amide bonds. The number of nitrogens with zero attached hydrogens (tertiary/aromatic N) is 1. The van der Waals surface area contributed by atoms with Gasteiger partial charge in [-0.15, -0.1) is 0 Å². The van der Waals surface area contributed by atoms with Gasteiger partial charge < -0.3 is 4.84 Å². The molecular weight excluding hydrogens is 166 g/mol. The molecule has 0 aliphatic rings. The van der Waals surface area contributed by atoms with Crippen molar-refractivity contribution < 1.29 is 9.63 Å². The third-order valence-corrected chi connectivity index (χ3v) is 1.56. The highest BCUT2D eigenvalue weighted by atomic mass is 16.6. The van der Waals surface area contributed by atoms with Gasteiger partial charge in [0, 0.05) is 12.5 Å². The molecule has 0 aliphatic heterocycles. The zero-order valence-electron chi connectivity index (χ0n) is 7.65. The minimum absolute atomic E-state index is 0.104. The zero-order chi connectivity index (χ0) is 9.68. The molecular formula is C10H11NO2. The van der Waals surface area contributed by atoms with E-state index in [1.807, 2.05) is 30.3 Å². The molecule has 0 saturated carbocycles. The Balaban J connectivity index is 3.03. The van der Waals surface area contributed by atoms with E-state index in [0.717, 1.165) is 5.56 Å². The van der Waals surface area contributed by atoms with Gasteiger partial charge in [-0.2, -0.15) is 0 Å². The molecule has 0 aliphatic carbocycles. The third kappa shape index (κ3) is 2.40. The summed E-state index contributed by atoms with van der Waals surface area (Å²) in [5.41, 5.74) is 1.12. The van der Waals surface area contributed by atoms with E-state index < -0.39 is 0 Å². The number of rotatable bonds is 3. The van der Waals surface area contributed by atoms with Crippen molar-refractivity contribution in [3.8, 4) is 0 Å². The number of hydrogen-bond donors (Lipinski definition) is 0. The van der Waals surface area contributed by atoms with Crippen LogP contribution in [-0.4, -0.2) is 18.6 Å². The van der Waals surface area contributed by atoms with E-state index in [2.05, 4.69) is 9.99 Å². The maximum Gasteiger partial charge on any atom is 0.182 e. The van der Waals surface area contributed by atoms with Gasteiger partial charge in [0.25, 0.3) is 0 Å². The maximum absolute atomic E-state index is 11.1. The first-order valence-electron chi connectivity index (χ1n) is 3.93. The normalized spacial score (nSPS) is 11.1. The Bertz CT molecular complexity index is 317. The van der Waals surface area contributed by atoms with Gasteiger partial charge in [-0.3, -0.25) is 4.79 Å². The summed E-state index contributed by atoms with van der Waals surface area (Å²) < 4.78 is 0. The summed E-state index contributed by atoms with van der Waals surface area (Å²) in [5, 5.41) is 3.66. The van der Waals surface area contributed by atoms with E-state index >= 15 is 0 Å². The number of benzene rings is 1. The van der Waals surface area contributed by atoms with Crippen LogP contribution in [0.4, 0.5) is 0 Å². The molecule has 0 fully saturated rings. The van der Waals surface area contributed by atoms with Crippen LogP contribution in [-0.2, 0) is 9.63 Å². The monoisotopic (exact) mass is 177 g/mol. The second-order valence-corrected chi connectivity index (χ2v) is 2.54. The molecule has 0 atom stereocenters. The summed E-state index contributed by atoms with van der Waals surface area (Å²) in [5.74, 6) is -0.104. The Labute approximate surface area is 77.0 Å². The highest BCUT2D eigenvalue weighted by Gasteiger charge is 2.08. The average Bonchev–Trinajstić information content (AvgIpc) is 2.15. The van der Waals surface area contributed by atoms with Crippen LogP contribution in [0.25, 0.3) is 0 Å². The minimum Gasteiger partial charge on any atom is -0.399 e. The molecule has 0 bridgehead atoms. The predicted molar refractivity (Wildman–Crippen MR) is 50.7 cm³/mol. The van der Waals surface area contributed by atoms with E-state index in [1.54, 1.807) is 0 Å². The van der Waals surface area contributed by atoms with E-state index in [9.17, 15) is 4.79 Å². The Morgan fingerprint density at radius 1 is 1.31 bits per heavy atom. The van der Waals surface area contributed by atoms with Gasteiger partial charge in [0.05, 0.1) is 0 Å². The molecule has 0 unspecified atom stereocenters. The lowest BCUT2D eigenvalue weighted by atomic mass is 10.1. The zero-order valence-corrected chi connectivity index (χ0v) is 7.65. The highest BCUT2D eigenvalue weighted by Crippen LogP contribution is 2.02. The fourth-order valence-electron chi connectivity index (χ4n) is 1.01. The van der Waals surface area contributed by atoms with E-state index in [4.69, 9.17) is 0 Å². The number of ketones is 1. The van der Waals surface area contributed by atoms with Crippen LogP contribution < -0.4 is 0 Å². The van der Waals surface area contributed by atoms with Gasteiger partial charge in [-0.05, 0) is 0 Å². The summed E-state index contributed by atoms with van der Waals surface area (Å²) in [7, 11) is 1.42. The molecule has 0 N–H and O–H groups in total. The van der Waals surface area contributed by atoms with Gasteiger partial charge in [0.1, 0.15) is 7.11 Å². The largest absolute Gasteiger partial charge is 0.399 e. The molecule has 0 radical (unpaired) electrons. The topological polar surface area (TPSA) is 38.7 Å². The number of hydrogen-bond acceptors (Lipinski definition) is 3. The summed E-state index contributed by atoms with van der Waals surface area (Å²) >= 11 is 0. The fourth-order valence-corrected chi connectivity index (χ4v) is 1.01. The smallest absolute Gasteiger partial charge is 0.182 e. The summed E-state index contributed by atoms with van der Waals surface area (Å²) in [6, 6.07) is 9.22. The first kappa shape index (κ1) is 9.45. The predicted octanol–water partition coefficient (Wildman–Crippen LogP) is 1.63. The molecule has 0 heterocycles. The first-order chi connectivity index (χ1) is 6.25. The summed E-state index contributed by atoms with van der Waals surface area (Å²) in [6.07, 6.45) is 0. The lowest BCUT2D eigenvalue weighted by Crippen LogP contribution is -2.11. The number of oxime groups is 1. The second kappa shape index (κ2) is 4.40. The average molecular weight is 177 g/mol. The van der Waals surface area contributed by atoms with E-state index in [-0.39, 0.29) is 5.78 Å². The molecule has 0 spiro atoms. The van der Waals surface area contributed by atoms with Crippen LogP contribution in [0.5, 0.6) is 0 Å². The Morgan fingerprint density at radius 3 is 2.38 bits per heavy atom. The summed E-state index contributed by atoms with van der Waals surface area (Å²) in [6.45, 7) is 1.46. The number of Topliss-reactive ketones (excluding diaryl/α,β-unsaturated/α-hetero) is 1. The third-order valence-electron chi connectivity index (χ3n) is 1.56. The molecule has 3 nitrogen and oxygen atoms in total. The van der Waals surface area contributed by atoms with Crippen LogP contribution in [0, 0.1) is 0 Å². The quantitative estimate of drug-likeness (QED) is 0.520. The Kier molecular flexibility index (Phi) is 3.20. The lowest BCUT2D eigenvalue weighted by Gasteiger charge is -2.00. The first-order valence-corrected chi connectivity index (χ1v) is 3.93. The van der Waals surface area contributed by atoms with Crippen molar-refractivity contribution in [2.24, 2.45) is 5.16 Å². The van der Waals surface area contributed by atoms with Gasteiger partial charge >= 0.3 is 0 Å². The van der Waals surface area contributed by atoms with Crippen LogP contribution >= 0.6 is 0 Å². The van der Waals surface area contributed by atoms with Crippen LogP contribution in [0.2, 0.25) is 0 Å². The van der Waals surface area contributed by atoms with E-state index in [0.29, 0.717) is 5.71 Å². The highest BCUT2D eigenvalue weighted by molar-refractivity contribution is 6.45. The van der Waals surface area contributed by atoms with Crippen molar-refractivity contribution in [2.45, 2.75) is 6.92 Å². The maximum atomic E-state index is 11.1. The Hall–Kier alpha value is -1.64. The van der Waals surface area contributed by atoms with E-state index in [1.165, 1.54) is 14.0 Å². The molecule has 68 valence electrons. The van der Waals surface area contributed by atoms with Crippen molar-refractivity contribution in [2.75, 3.05) is 7.11 Å². The molecule has 1 rings (SSSR count). The van der Waals surface area contributed by atoms with Crippen molar-refractivity contribution in [1.29, 1.82) is 0 Å². The van der Waals surface area contributed by atoms with Gasteiger partial charge in [-0.25, -0.2) is 0 Å². The van der Waals surface area contributed by atoms with Gasteiger partial charge in [0.2, 0.25) is 0 Å². The Morgan fingerprint density at radius 2 is 1.92 bits per heavy atom. The SMILES string of the molecule is CO/N=C(\C(C)=O)c1ccccc1. The lowest BCUT2D eigenvalue weighted by molar-refractivity contribution is -0.111. The minimum atomic E-state index is -0.104. The second-order valence-electron chi connectivity index (χ2n) is 2.54. The van der Waals surface area contributed by atoms with Crippen molar-refractivity contribution in [1.82, 2.24) is 0 Å². The van der Waals surface area contributed by atoms with Crippen LogP contribution in [0.15, 0.2) is 35.5 Å². The molecule has 13 heavy (non-hydrogen) atoms. The van der Waals surface area contributed by atoms with Crippen LogP contribution in [0.3, 0.4) is 0 Å². The van der Waals surface area contributed by atoms with Gasteiger partial charge in [-0.1, -0.05) is 35.5 Å². The summed E-state index contributed by atoms with van der Waals surface area (Å²) in [4.78, 5) is 15.7. The number of carbonyl (C=O) groups excluding carboxylic acids is 1. The van der Waals surface area contributed by atoms with Gasteiger partial charge in [0.15, 0.2) is 11.5 Å². The molecule has 1 aromatic rings. The standard InChI is InChI=1S/C10H11NO2/c1-8(12)10(11-13-2)9-6-4-3-5-7-9/h3-7H,1-2H3/b11-10+. The fraction of sp³-hybridized carbons (Fsp3) is 0.200. The molecule has 0 saturated heterocycles.